The van der Waals surface area contributed by atoms with Crippen LogP contribution in [0.2, 0.25) is 0 Å². The fourth-order valence-electron chi connectivity index (χ4n) is 3.05. The quantitative estimate of drug-likeness (QED) is 0.488. The van der Waals surface area contributed by atoms with E-state index in [9.17, 15) is 13.2 Å². The molecule has 3 aromatic carbocycles. The molecule has 4 rings (SSSR count). The molecule has 30 heavy (non-hydrogen) atoms. The first-order chi connectivity index (χ1) is 14.5. The molecule has 0 spiro atoms. The van der Waals surface area contributed by atoms with Crippen LogP contribution in [0.3, 0.4) is 0 Å². The first-order valence-electron chi connectivity index (χ1n) is 9.14. The Morgan fingerprint density at radius 1 is 0.933 bits per heavy atom. The van der Waals surface area contributed by atoms with Gasteiger partial charge in [0.15, 0.2) is 0 Å². The molecule has 0 atom stereocenters. The van der Waals surface area contributed by atoms with Gasteiger partial charge in [-0.25, -0.2) is 18.2 Å². The molecule has 1 aromatic heterocycles. The lowest BCUT2D eigenvalue weighted by molar-refractivity contribution is 0.0600. The van der Waals surface area contributed by atoms with Crippen molar-refractivity contribution in [1.82, 2.24) is 9.97 Å². The van der Waals surface area contributed by atoms with Crippen molar-refractivity contribution in [2.24, 2.45) is 0 Å². The SMILES string of the molecule is COC(=O)c1ccc(C=C(c2nc3ccccc3[nH]2)S(=O)(=O)c2ccccc2)cc1. The minimum absolute atomic E-state index is 0.0377. The Hall–Kier alpha value is -3.71. The van der Waals surface area contributed by atoms with E-state index in [4.69, 9.17) is 4.74 Å². The summed E-state index contributed by atoms with van der Waals surface area (Å²) in [6, 6.07) is 22.0. The van der Waals surface area contributed by atoms with E-state index < -0.39 is 15.8 Å². The summed E-state index contributed by atoms with van der Waals surface area (Å²) in [5.74, 6) is -0.211. The topological polar surface area (TPSA) is 89.1 Å². The number of carbonyl (C=O) groups is 1. The Morgan fingerprint density at radius 2 is 1.60 bits per heavy atom. The number of esters is 1. The molecule has 0 amide bonds. The van der Waals surface area contributed by atoms with Gasteiger partial charge in [-0.05, 0) is 48.0 Å². The largest absolute Gasteiger partial charge is 0.465 e. The number of aromatic nitrogens is 2. The van der Waals surface area contributed by atoms with E-state index in [1.807, 2.05) is 24.3 Å². The van der Waals surface area contributed by atoms with Gasteiger partial charge in [-0.2, -0.15) is 0 Å². The molecule has 0 saturated heterocycles. The third-order valence-corrected chi connectivity index (χ3v) is 6.38. The van der Waals surface area contributed by atoms with E-state index >= 15 is 0 Å². The molecular weight excluding hydrogens is 400 g/mol. The van der Waals surface area contributed by atoms with Gasteiger partial charge in [0.2, 0.25) is 9.84 Å². The minimum Gasteiger partial charge on any atom is -0.465 e. The molecule has 1 N–H and O–H groups in total. The van der Waals surface area contributed by atoms with Gasteiger partial charge in [0.05, 0.1) is 28.6 Å². The van der Waals surface area contributed by atoms with Crippen molar-refractivity contribution in [2.75, 3.05) is 7.11 Å². The summed E-state index contributed by atoms with van der Waals surface area (Å²) >= 11 is 0. The Morgan fingerprint density at radius 3 is 2.27 bits per heavy atom. The molecule has 0 saturated carbocycles. The van der Waals surface area contributed by atoms with Crippen LogP contribution in [0.5, 0.6) is 0 Å². The lowest BCUT2D eigenvalue weighted by Gasteiger charge is -2.08. The molecule has 0 radical (unpaired) electrons. The predicted octanol–water partition coefficient (Wildman–Crippen LogP) is 4.32. The number of ether oxygens (including phenoxy) is 1. The van der Waals surface area contributed by atoms with Gasteiger partial charge in [-0.3, -0.25) is 0 Å². The number of imidazole rings is 1. The number of nitrogens with one attached hydrogen (secondary N) is 1. The number of para-hydroxylation sites is 2. The summed E-state index contributed by atoms with van der Waals surface area (Å²) in [5.41, 5.74) is 2.40. The van der Waals surface area contributed by atoms with Crippen molar-refractivity contribution in [2.45, 2.75) is 4.90 Å². The first-order valence-corrected chi connectivity index (χ1v) is 10.6. The van der Waals surface area contributed by atoms with Crippen molar-refractivity contribution in [3.8, 4) is 0 Å². The Labute approximate surface area is 173 Å². The lowest BCUT2D eigenvalue weighted by atomic mass is 10.1. The maximum atomic E-state index is 13.4. The van der Waals surface area contributed by atoms with Gasteiger partial charge >= 0.3 is 5.97 Å². The molecule has 0 fully saturated rings. The van der Waals surface area contributed by atoms with E-state index in [2.05, 4.69) is 9.97 Å². The number of hydrogen-bond donors (Lipinski definition) is 1. The third kappa shape index (κ3) is 3.75. The van der Waals surface area contributed by atoms with Crippen LogP contribution in [0.4, 0.5) is 0 Å². The highest BCUT2D eigenvalue weighted by molar-refractivity contribution is 8.00. The Kier molecular flexibility index (Phi) is 5.20. The zero-order valence-electron chi connectivity index (χ0n) is 16.1. The van der Waals surface area contributed by atoms with Crippen LogP contribution >= 0.6 is 0 Å². The van der Waals surface area contributed by atoms with E-state index in [0.717, 1.165) is 5.52 Å². The summed E-state index contributed by atoms with van der Waals surface area (Å²) in [7, 11) is -2.55. The summed E-state index contributed by atoms with van der Waals surface area (Å²) in [6.45, 7) is 0. The van der Waals surface area contributed by atoms with E-state index in [-0.39, 0.29) is 15.6 Å². The normalized spacial score (nSPS) is 12.1. The molecule has 0 aliphatic carbocycles. The first kappa shape index (κ1) is 19.6. The van der Waals surface area contributed by atoms with Crippen molar-refractivity contribution >= 4 is 37.8 Å². The Bertz CT molecular complexity index is 1310. The molecular formula is C23H18N2O4S. The van der Waals surface area contributed by atoms with E-state index in [1.165, 1.54) is 7.11 Å². The molecule has 0 bridgehead atoms. The highest BCUT2D eigenvalue weighted by atomic mass is 32.2. The van der Waals surface area contributed by atoms with Crippen molar-refractivity contribution in [1.29, 1.82) is 0 Å². The van der Waals surface area contributed by atoms with Gasteiger partial charge in [0.1, 0.15) is 10.7 Å². The Balaban J connectivity index is 1.87. The number of hydrogen-bond acceptors (Lipinski definition) is 5. The average molecular weight is 418 g/mol. The second-order valence-corrected chi connectivity index (χ2v) is 8.46. The van der Waals surface area contributed by atoms with Gasteiger partial charge in [0.25, 0.3) is 0 Å². The number of fused-ring (bicyclic) bond motifs is 1. The number of carbonyl (C=O) groups excluding carboxylic acids is 1. The number of benzene rings is 3. The summed E-state index contributed by atoms with van der Waals surface area (Å²) in [5, 5.41) is 0. The van der Waals surface area contributed by atoms with Crippen LogP contribution in [0.15, 0.2) is 83.8 Å². The van der Waals surface area contributed by atoms with Crippen LogP contribution in [-0.2, 0) is 14.6 Å². The van der Waals surface area contributed by atoms with E-state index in [0.29, 0.717) is 16.6 Å². The third-order valence-electron chi connectivity index (χ3n) is 4.60. The second-order valence-electron chi connectivity index (χ2n) is 6.54. The van der Waals surface area contributed by atoms with Crippen LogP contribution in [0.1, 0.15) is 21.7 Å². The highest BCUT2D eigenvalue weighted by Crippen LogP contribution is 2.30. The zero-order chi connectivity index (χ0) is 21.1. The molecule has 0 unspecified atom stereocenters. The lowest BCUT2D eigenvalue weighted by Crippen LogP contribution is -2.06. The van der Waals surface area contributed by atoms with Gasteiger partial charge < -0.3 is 9.72 Å². The van der Waals surface area contributed by atoms with Gasteiger partial charge in [0, 0.05) is 0 Å². The number of sulfone groups is 1. The zero-order valence-corrected chi connectivity index (χ0v) is 16.9. The highest BCUT2D eigenvalue weighted by Gasteiger charge is 2.25. The molecule has 6 nitrogen and oxygen atoms in total. The summed E-state index contributed by atoms with van der Waals surface area (Å²) in [6.07, 6.45) is 1.54. The fraction of sp³-hybridized carbons (Fsp3) is 0.0435. The number of aromatic amines is 1. The minimum atomic E-state index is -3.86. The number of rotatable bonds is 5. The molecule has 4 aromatic rings. The molecule has 7 heteroatoms. The van der Waals surface area contributed by atoms with Crippen molar-refractivity contribution < 1.29 is 17.9 Å². The molecule has 0 aliphatic rings. The number of nitrogens with zero attached hydrogens (tertiary/aromatic N) is 1. The standard InChI is InChI=1S/C23H18N2O4S/c1-29-23(26)17-13-11-16(12-14-17)15-21(30(27,28)18-7-3-2-4-8-18)22-24-19-9-5-6-10-20(19)25-22/h2-15H,1H3,(H,24,25). The monoisotopic (exact) mass is 418 g/mol. The summed E-state index contributed by atoms with van der Waals surface area (Å²) in [4.78, 5) is 19.5. The van der Waals surface area contributed by atoms with Crippen LogP contribution in [0, 0.1) is 0 Å². The second kappa shape index (κ2) is 7.96. The number of H-pyrrole nitrogens is 1. The summed E-state index contributed by atoms with van der Waals surface area (Å²) < 4.78 is 31.6. The maximum Gasteiger partial charge on any atom is 0.337 e. The predicted molar refractivity (Wildman–Crippen MR) is 115 cm³/mol. The molecule has 150 valence electrons. The van der Waals surface area contributed by atoms with Crippen molar-refractivity contribution in [3.63, 3.8) is 0 Å². The van der Waals surface area contributed by atoms with Crippen LogP contribution in [0.25, 0.3) is 22.0 Å². The smallest absolute Gasteiger partial charge is 0.337 e. The maximum absolute atomic E-state index is 13.4. The molecule has 1 heterocycles. The van der Waals surface area contributed by atoms with Crippen LogP contribution < -0.4 is 0 Å². The fourth-order valence-corrected chi connectivity index (χ4v) is 4.47. The molecule has 0 aliphatic heterocycles. The van der Waals surface area contributed by atoms with Gasteiger partial charge in [-0.1, -0.05) is 42.5 Å². The van der Waals surface area contributed by atoms with Crippen LogP contribution in [-0.4, -0.2) is 31.5 Å². The average Bonchev–Trinajstić information content (AvgIpc) is 3.21. The van der Waals surface area contributed by atoms with Gasteiger partial charge in [-0.15, -0.1) is 0 Å². The number of methoxy groups -OCH3 is 1. The van der Waals surface area contributed by atoms with E-state index in [1.54, 1.807) is 60.7 Å². The van der Waals surface area contributed by atoms with Crippen molar-refractivity contribution in [3.05, 3.63) is 95.8 Å².